The van der Waals surface area contributed by atoms with Crippen molar-refractivity contribution in [3.05, 3.63) is 59.7 Å². The average Bonchev–Trinajstić information content (AvgIpc) is 2.74. The van der Waals surface area contributed by atoms with Crippen LogP contribution < -0.4 is 15.0 Å². The second-order valence-corrected chi connectivity index (χ2v) is 7.09. The van der Waals surface area contributed by atoms with Crippen molar-refractivity contribution >= 4 is 17.5 Å². The van der Waals surface area contributed by atoms with Crippen LogP contribution in [-0.4, -0.2) is 56.0 Å². The van der Waals surface area contributed by atoms with Crippen molar-refractivity contribution in [2.45, 2.75) is 20.3 Å². The SMILES string of the molecule is CCOc1ccccc1N1CCN(C(=O)CCNC(=O)c2ccccc2C)CC1. The van der Waals surface area contributed by atoms with Gasteiger partial charge in [0.1, 0.15) is 5.75 Å². The lowest BCUT2D eigenvalue weighted by atomic mass is 10.1. The Hall–Kier alpha value is -3.02. The smallest absolute Gasteiger partial charge is 0.251 e. The number of carbonyl (C=O) groups excluding carboxylic acids is 2. The summed E-state index contributed by atoms with van der Waals surface area (Å²) in [5, 5.41) is 2.85. The maximum absolute atomic E-state index is 12.5. The fraction of sp³-hybridized carbons (Fsp3) is 0.391. The number of amides is 2. The molecule has 6 nitrogen and oxygen atoms in total. The van der Waals surface area contributed by atoms with Gasteiger partial charge in [-0.15, -0.1) is 0 Å². The first-order valence-electron chi connectivity index (χ1n) is 10.2. The molecule has 0 spiro atoms. The summed E-state index contributed by atoms with van der Waals surface area (Å²) in [6, 6.07) is 15.5. The summed E-state index contributed by atoms with van der Waals surface area (Å²) in [7, 11) is 0. The molecule has 3 rings (SSSR count). The molecule has 2 aromatic carbocycles. The lowest BCUT2D eigenvalue weighted by Gasteiger charge is -2.36. The molecule has 1 N–H and O–H groups in total. The minimum absolute atomic E-state index is 0.0767. The van der Waals surface area contributed by atoms with E-state index in [0.717, 1.165) is 30.1 Å². The first-order chi connectivity index (χ1) is 14.1. The van der Waals surface area contributed by atoms with Crippen LogP contribution in [0.2, 0.25) is 0 Å². The Morgan fingerprint density at radius 2 is 1.69 bits per heavy atom. The molecule has 1 saturated heterocycles. The number of ether oxygens (including phenoxy) is 1. The Balaban J connectivity index is 1.46. The number of nitrogens with one attached hydrogen (secondary N) is 1. The third-order valence-electron chi connectivity index (χ3n) is 5.15. The largest absolute Gasteiger partial charge is 0.492 e. The predicted molar refractivity (Wildman–Crippen MR) is 115 cm³/mol. The average molecular weight is 396 g/mol. The van der Waals surface area contributed by atoms with Gasteiger partial charge in [0, 0.05) is 44.7 Å². The van der Waals surface area contributed by atoms with Crippen LogP contribution in [0.3, 0.4) is 0 Å². The second kappa shape index (κ2) is 9.96. The Morgan fingerprint density at radius 3 is 2.41 bits per heavy atom. The molecule has 0 radical (unpaired) electrons. The molecule has 1 aliphatic heterocycles. The number of hydrogen-bond donors (Lipinski definition) is 1. The second-order valence-electron chi connectivity index (χ2n) is 7.09. The summed E-state index contributed by atoms with van der Waals surface area (Å²) in [4.78, 5) is 28.9. The number of nitrogens with zero attached hydrogens (tertiary/aromatic N) is 2. The van der Waals surface area contributed by atoms with Crippen molar-refractivity contribution in [3.8, 4) is 5.75 Å². The monoisotopic (exact) mass is 395 g/mol. The Labute approximate surface area is 172 Å². The number of carbonyl (C=O) groups is 2. The van der Waals surface area contributed by atoms with Crippen molar-refractivity contribution in [2.75, 3.05) is 44.2 Å². The quantitative estimate of drug-likeness (QED) is 0.783. The Morgan fingerprint density at radius 1 is 1.00 bits per heavy atom. The van der Waals surface area contributed by atoms with Gasteiger partial charge >= 0.3 is 0 Å². The maximum Gasteiger partial charge on any atom is 0.251 e. The van der Waals surface area contributed by atoms with E-state index in [-0.39, 0.29) is 11.8 Å². The lowest BCUT2D eigenvalue weighted by molar-refractivity contribution is -0.131. The van der Waals surface area contributed by atoms with Crippen LogP contribution >= 0.6 is 0 Å². The number of anilines is 1. The zero-order chi connectivity index (χ0) is 20.6. The summed E-state index contributed by atoms with van der Waals surface area (Å²) in [5.41, 5.74) is 2.66. The van der Waals surface area contributed by atoms with E-state index in [0.29, 0.717) is 38.2 Å². The third-order valence-corrected chi connectivity index (χ3v) is 5.15. The molecule has 0 saturated carbocycles. The molecule has 2 aromatic rings. The van der Waals surface area contributed by atoms with Gasteiger partial charge in [0.15, 0.2) is 0 Å². The van der Waals surface area contributed by atoms with Gasteiger partial charge in [-0.2, -0.15) is 0 Å². The molecule has 1 fully saturated rings. The van der Waals surface area contributed by atoms with Gasteiger partial charge in [0.25, 0.3) is 5.91 Å². The first-order valence-corrected chi connectivity index (χ1v) is 10.2. The Kier molecular flexibility index (Phi) is 7.11. The van der Waals surface area contributed by atoms with Crippen LogP contribution in [0, 0.1) is 6.92 Å². The van der Waals surface area contributed by atoms with E-state index in [9.17, 15) is 9.59 Å². The van der Waals surface area contributed by atoms with Crippen LogP contribution in [0.15, 0.2) is 48.5 Å². The molecule has 6 heteroatoms. The van der Waals surface area contributed by atoms with Crippen molar-refractivity contribution < 1.29 is 14.3 Å². The molecule has 0 atom stereocenters. The fourth-order valence-corrected chi connectivity index (χ4v) is 3.56. The number of para-hydroxylation sites is 2. The zero-order valence-electron chi connectivity index (χ0n) is 17.2. The molecule has 1 aliphatic rings. The van der Waals surface area contributed by atoms with E-state index in [1.807, 2.05) is 55.1 Å². The van der Waals surface area contributed by atoms with E-state index in [1.165, 1.54) is 0 Å². The van der Waals surface area contributed by atoms with E-state index >= 15 is 0 Å². The normalized spacial score (nSPS) is 13.9. The predicted octanol–water partition coefficient (Wildman–Crippen LogP) is 2.86. The molecule has 154 valence electrons. The highest BCUT2D eigenvalue weighted by atomic mass is 16.5. The van der Waals surface area contributed by atoms with Crippen molar-refractivity contribution in [1.29, 1.82) is 0 Å². The highest BCUT2D eigenvalue weighted by Gasteiger charge is 2.22. The number of rotatable bonds is 7. The first kappa shape index (κ1) is 20.7. The lowest BCUT2D eigenvalue weighted by Crippen LogP contribution is -2.49. The molecule has 29 heavy (non-hydrogen) atoms. The minimum atomic E-state index is -0.131. The standard InChI is InChI=1S/C23H29N3O3/c1-3-29-21-11-7-6-10-20(21)25-14-16-26(17-15-25)22(27)12-13-24-23(28)19-9-5-4-8-18(19)2/h4-11H,3,12-17H2,1-2H3,(H,24,28). The van der Waals surface area contributed by atoms with E-state index in [2.05, 4.69) is 16.3 Å². The van der Waals surface area contributed by atoms with Crippen LogP contribution in [0.25, 0.3) is 0 Å². The molecule has 0 aliphatic carbocycles. The maximum atomic E-state index is 12.5. The fourth-order valence-electron chi connectivity index (χ4n) is 3.56. The van der Waals surface area contributed by atoms with E-state index in [4.69, 9.17) is 4.74 Å². The van der Waals surface area contributed by atoms with Gasteiger partial charge in [0.2, 0.25) is 5.91 Å². The summed E-state index contributed by atoms with van der Waals surface area (Å²) in [6.45, 7) is 7.74. The summed E-state index contributed by atoms with van der Waals surface area (Å²) in [5.74, 6) is 0.828. The van der Waals surface area contributed by atoms with Crippen LogP contribution in [-0.2, 0) is 4.79 Å². The number of aryl methyl sites for hydroxylation is 1. The van der Waals surface area contributed by atoms with E-state index in [1.54, 1.807) is 6.07 Å². The van der Waals surface area contributed by atoms with Crippen molar-refractivity contribution in [1.82, 2.24) is 10.2 Å². The third kappa shape index (κ3) is 5.28. The highest BCUT2D eigenvalue weighted by Crippen LogP contribution is 2.28. The van der Waals surface area contributed by atoms with Gasteiger partial charge in [-0.25, -0.2) is 0 Å². The van der Waals surface area contributed by atoms with Crippen LogP contribution in [0.4, 0.5) is 5.69 Å². The topological polar surface area (TPSA) is 61.9 Å². The van der Waals surface area contributed by atoms with Gasteiger partial charge in [-0.1, -0.05) is 30.3 Å². The molecule has 0 unspecified atom stereocenters. The molecule has 0 bridgehead atoms. The minimum Gasteiger partial charge on any atom is -0.492 e. The van der Waals surface area contributed by atoms with Gasteiger partial charge in [-0.3, -0.25) is 9.59 Å². The van der Waals surface area contributed by atoms with Crippen molar-refractivity contribution in [2.24, 2.45) is 0 Å². The summed E-state index contributed by atoms with van der Waals surface area (Å²) in [6.07, 6.45) is 0.313. The van der Waals surface area contributed by atoms with Gasteiger partial charge in [0.05, 0.1) is 12.3 Å². The van der Waals surface area contributed by atoms with Crippen molar-refractivity contribution in [3.63, 3.8) is 0 Å². The molecule has 2 amide bonds. The van der Waals surface area contributed by atoms with Gasteiger partial charge in [-0.05, 0) is 37.6 Å². The van der Waals surface area contributed by atoms with E-state index < -0.39 is 0 Å². The van der Waals surface area contributed by atoms with Crippen LogP contribution in [0.5, 0.6) is 5.75 Å². The summed E-state index contributed by atoms with van der Waals surface area (Å²) >= 11 is 0. The van der Waals surface area contributed by atoms with Gasteiger partial charge < -0.3 is 19.9 Å². The number of hydrogen-bond acceptors (Lipinski definition) is 4. The van der Waals surface area contributed by atoms with Crippen LogP contribution in [0.1, 0.15) is 29.3 Å². The molecule has 0 aromatic heterocycles. The summed E-state index contributed by atoms with van der Waals surface area (Å²) < 4.78 is 5.72. The number of piperazine rings is 1. The highest BCUT2D eigenvalue weighted by molar-refractivity contribution is 5.95. The molecular weight excluding hydrogens is 366 g/mol. The molecular formula is C23H29N3O3. The molecule has 1 heterocycles. The number of benzene rings is 2. The zero-order valence-corrected chi connectivity index (χ0v) is 17.2. The Bertz CT molecular complexity index is 845.